The van der Waals surface area contributed by atoms with E-state index < -0.39 is 6.04 Å². The van der Waals surface area contributed by atoms with E-state index in [1.54, 1.807) is 45.4 Å². The van der Waals surface area contributed by atoms with Crippen LogP contribution in [0.4, 0.5) is 5.69 Å². The van der Waals surface area contributed by atoms with Crippen LogP contribution in [0.1, 0.15) is 18.5 Å². The van der Waals surface area contributed by atoms with Crippen molar-refractivity contribution < 1.29 is 19.0 Å². The third-order valence-electron chi connectivity index (χ3n) is 4.67. The number of para-hydroxylation sites is 1. The molecule has 1 heterocycles. The monoisotopic (exact) mass is 447 g/mol. The Hall–Kier alpha value is -2.97. The van der Waals surface area contributed by atoms with Crippen LogP contribution < -0.4 is 30.2 Å². The highest BCUT2D eigenvalue weighted by molar-refractivity contribution is 7.80. The molecule has 0 radical (unpaired) electrons. The number of carbonyl (C=O) groups is 1. The van der Waals surface area contributed by atoms with Crippen molar-refractivity contribution in [1.29, 1.82) is 0 Å². The fourth-order valence-corrected chi connectivity index (χ4v) is 3.78. The third kappa shape index (κ3) is 4.29. The molecule has 0 unspecified atom stereocenters. The Morgan fingerprint density at radius 1 is 1.10 bits per heavy atom. The molecule has 0 saturated heterocycles. The summed E-state index contributed by atoms with van der Waals surface area (Å²) >= 11 is 11.4. The largest absolute Gasteiger partial charge is 0.495 e. The van der Waals surface area contributed by atoms with E-state index in [1.165, 1.54) is 7.11 Å². The molecule has 30 heavy (non-hydrogen) atoms. The topological polar surface area (TPSA) is 80.9 Å². The smallest absolute Gasteiger partial charge is 0.255 e. The third-order valence-corrected chi connectivity index (χ3v) is 5.12. The number of benzene rings is 2. The van der Waals surface area contributed by atoms with Crippen LogP contribution in [-0.2, 0) is 4.79 Å². The fourth-order valence-electron chi connectivity index (χ4n) is 3.33. The summed E-state index contributed by atoms with van der Waals surface area (Å²) < 4.78 is 16.3. The van der Waals surface area contributed by atoms with Gasteiger partial charge in [0, 0.05) is 16.3 Å². The van der Waals surface area contributed by atoms with Crippen LogP contribution in [0.2, 0.25) is 5.02 Å². The first kappa shape index (κ1) is 21.7. The number of rotatable bonds is 6. The van der Waals surface area contributed by atoms with Crippen LogP contribution in [0.5, 0.6) is 17.2 Å². The number of halogens is 1. The van der Waals surface area contributed by atoms with Crippen molar-refractivity contribution >= 4 is 40.5 Å². The molecule has 3 rings (SSSR count). The van der Waals surface area contributed by atoms with Gasteiger partial charge in [-0.3, -0.25) is 4.79 Å². The van der Waals surface area contributed by atoms with Crippen molar-refractivity contribution in [3.05, 3.63) is 58.3 Å². The van der Waals surface area contributed by atoms with Gasteiger partial charge in [-0.1, -0.05) is 23.7 Å². The van der Waals surface area contributed by atoms with Crippen molar-refractivity contribution in [2.75, 3.05) is 26.6 Å². The summed E-state index contributed by atoms with van der Waals surface area (Å²) in [5, 5.41) is 9.93. The Balaban J connectivity index is 2.05. The van der Waals surface area contributed by atoms with Gasteiger partial charge in [0.05, 0.1) is 38.6 Å². The van der Waals surface area contributed by atoms with Crippen molar-refractivity contribution in [2.24, 2.45) is 0 Å². The predicted octanol–water partition coefficient (Wildman–Crippen LogP) is 3.80. The van der Waals surface area contributed by atoms with Gasteiger partial charge in [0.15, 0.2) is 16.6 Å². The molecule has 158 valence electrons. The number of ether oxygens (including phenoxy) is 3. The number of allylic oxidation sites excluding steroid dienone is 1. The normalized spacial score (nSPS) is 15.8. The minimum absolute atomic E-state index is 0.342. The number of amides is 1. The minimum Gasteiger partial charge on any atom is -0.495 e. The Morgan fingerprint density at radius 2 is 1.83 bits per heavy atom. The lowest BCUT2D eigenvalue weighted by Gasteiger charge is -2.31. The van der Waals surface area contributed by atoms with E-state index in [4.69, 9.17) is 38.0 Å². The van der Waals surface area contributed by atoms with Gasteiger partial charge in [0.25, 0.3) is 5.91 Å². The molecular formula is C21H22ClN3O4S. The molecule has 1 aliphatic heterocycles. The molecule has 0 aliphatic carbocycles. The first-order valence-electron chi connectivity index (χ1n) is 9.03. The van der Waals surface area contributed by atoms with Crippen molar-refractivity contribution in [1.82, 2.24) is 10.6 Å². The highest BCUT2D eigenvalue weighted by atomic mass is 35.5. The van der Waals surface area contributed by atoms with Gasteiger partial charge in [0.1, 0.15) is 5.75 Å². The molecule has 0 bridgehead atoms. The lowest BCUT2D eigenvalue weighted by molar-refractivity contribution is -0.113. The second-order valence-electron chi connectivity index (χ2n) is 6.45. The molecule has 0 spiro atoms. The molecule has 9 heteroatoms. The number of anilines is 1. The van der Waals surface area contributed by atoms with Crippen molar-refractivity contribution in [3.8, 4) is 17.2 Å². The number of thiocarbonyl (C=S) groups is 1. The second kappa shape index (κ2) is 9.23. The van der Waals surface area contributed by atoms with Gasteiger partial charge in [-0.05, 0) is 43.4 Å². The Labute approximate surface area is 185 Å². The zero-order chi connectivity index (χ0) is 21.8. The summed E-state index contributed by atoms with van der Waals surface area (Å²) in [6.45, 7) is 1.79. The maximum atomic E-state index is 13.3. The lowest BCUT2D eigenvalue weighted by Crippen LogP contribution is -2.45. The molecule has 1 atom stereocenters. The molecule has 2 aromatic carbocycles. The molecule has 7 nitrogen and oxygen atoms in total. The maximum Gasteiger partial charge on any atom is 0.255 e. The van der Waals surface area contributed by atoms with E-state index >= 15 is 0 Å². The van der Waals surface area contributed by atoms with Gasteiger partial charge < -0.3 is 30.2 Å². The summed E-state index contributed by atoms with van der Waals surface area (Å²) in [5.41, 5.74) is 2.23. The number of nitrogens with one attached hydrogen (secondary N) is 3. The number of hydrogen-bond acceptors (Lipinski definition) is 5. The van der Waals surface area contributed by atoms with Crippen LogP contribution >= 0.6 is 23.8 Å². The van der Waals surface area contributed by atoms with Gasteiger partial charge in [-0.25, -0.2) is 0 Å². The van der Waals surface area contributed by atoms with E-state index in [1.807, 2.05) is 12.1 Å². The average Bonchev–Trinajstić information content (AvgIpc) is 2.72. The van der Waals surface area contributed by atoms with Crippen molar-refractivity contribution in [2.45, 2.75) is 13.0 Å². The van der Waals surface area contributed by atoms with E-state index in [0.29, 0.717) is 49.9 Å². The zero-order valence-electron chi connectivity index (χ0n) is 17.0. The fraction of sp³-hybridized carbons (Fsp3) is 0.238. The molecule has 2 aromatic rings. The number of methoxy groups -OCH3 is 3. The predicted molar refractivity (Wildman–Crippen MR) is 120 cm³/mol. The van der Waals surface area contributed by atoms with Crippen LogP contribution in [0.25, 0.3) is 0 Å². The van der Waals surface area contributed by atoms with Crippen LogP contribution in [0.15, 0.2) is 47.7 Å². The summed E-state index contributed by atoms with van der Waals surface area (Å²) in [7, 11) is 4.63. The first-order chi connectivity index (χ1) is 14.4. The van der Waals surface area contributed by atoms with Gasteiger partial charge in [0.2, 0.25) is 0 Å². The molecular weight excluding hydrogens is 426 g/mol. The minimum atomic E-state index is -0.561. The van der Waals surface area contributed by atoms with E-state index in [-0.39, 0.29) is 5.91 Å². The molecule has 0 fully saturated rings. The van der Waals surface area contributed by atoms with Crippen LogP contribution in [0, 0.1) is 0 Å². The van der Waals surface area contributed by atoms with Gasteiger partial charge in [-0.2, -0.15) is 0 Å². The molecule has 0 saturated carbocycles. The molecule has 0 aromatic heterocycles. The van der Waals surface area contributed by atoms with Crippen molar-refractivity contribution in [3.63, 3.8) is 0 Å². The summed E-state index contributed by atoms with van der Waals surface area (Å²) in [4.78, 5) is 13.3. The SMILES string of the molecule is COc1ccc(Cl)cc1NC(=O)C1=C(C)NC(=S)N[C@H]1c1cccc(OC)c1OC. The Kier molecular flexibility index (Phi) is 6.69. The maximum absolute atomic E-state index is 13.3. The van der Waals surface area contributed by atoms with E-state index in [9.17, 15) is 4.79 Å². The lowest BCUT2D eigenvalue weighted by atomic mass is 9.93. The number of hydrogen-bond donors (Lipinski definition) is 3. The average molecular weight is 448 g/mol. The standard InChI is InChI=1S/C21H22ClN3O4S/c1-11-17(20(26)24-14-10-12(22)8-9-15(14)27-2)18(25-21(30)23-11)13-6-5-7-16(28-3)19(13)29-4/h5-10,18H,1-4H3,(H,24,26)(H2,23,25,30)/t18-/m0/s1. The molecule has 1 aliphatic rings. The summed E-state index contributed by atoms with van der Waals surface area (Å²) in [6.07, 6.45) is 0. The van der Waals surface area contributed by atoms with Crippen LogP contribution in [0.3, 0.4) is 0 Å². The van der Waals surface area contributed by atoms with E-state index in [0.717, 1.165) is 0 Å². The summed E-state index contributed by atoms with van der Waals surface area (Å²) in [5.74, 6) is 1.22. The highest BCUT2D eigenvalue weighted by Crippen LogP contribution is 2.39. The van der Waals surface area contributed by atoms with E-state index in [2.05, 4.69) is 16.0 Å². The highest BCUT2D eigenvalue weighted by Gasteiger charge is 2.33. The quantitative estimate of drug-likeness (QED) is 0.581. The first-order valence-corrected chi connectivity index (χ1v) is 9.82. The Bertz CT molecular complexity index is 1030. The van der Waals surface area contributed by atoms with Gasteiger partial charge in [-0.15, -0.1) is 0 Å². The zero-order valence-corrected chi connectivity index (χ0v) is 18.5. The Morgan fingerprint density at radius 3 is 2.50 bits per heavy atom. The molecule has 3 N–H and O–H groups in total. The van der Waals surface area contributed by atoms with Gasteiger partial charge >= 0.3 is 0 Å². The number of carbonyl (C=O) groups excluding carboxylic acids is 1. The summed E-state index contributed by atoms with van der Waals surface area (Å²) in [6, 6.07) is 9.91. The van der Waals surface area contributed by atoms with Crippen LogP contribution in [-0.4, -0.2) is 32.3 Å². The second-order valence-corrected chi connectivity index (χ2v) is 7.30. The molecule has 1 amide bonds.